The number of nitro groups is 1. The van der Waals surface area contributed by atoms with Gasteiger partial charge in [-0.05, 0) is 33.0 Å². The minimum Gasteiger partial charge on any atom is -0.358 e. The van der Waals surface area contributed by atoms with Gasteiger partial charge in [-0.3, -0.25) is 0 Å². The molecule has 0 saturated heterocycles. The maximum absolute atomic E-state index is 10.4. The summed E-state index contributed by atoms with van der Waals surface area (Å²) in [7, 11) is 0. The van der Waals surface area contributed by atoms with Gasteiger partial charge >= 0.3 is 5.82 Å². The Bertz CT molecular complexity index is 511. The molecule has 0 radical (unpaired) electrons. The molecule has 0 fully saturated rings. The standard InChI is InChI=1S/C8H5BrN4O2/c9-6-2-1-4-10-8(6)12-5-3-7(11-12)13(14)15/h1-5H. The maximum atomic E-state index is 10.4. The molecule has 2 rings (SSSR count). The number of aromatic nitrogens is 3. The van der Waals surface area contributed by atoms with Gasteiger partial charge in [0.25, 0.3) is 0 Å². The summed E-state index contributed by atoms with van der Waals surface area (Å²) in [6.45, 7) is 0. The van der Waals surface area contributed by atoms with E-state index in [0.717, 1.165) is 4.47 Å². The molecule has 0 spiro atoms. The molecule has 0 aliphatic heterocycles. The second-order valence-corrected chi connectivity index (χ2v) is 3.54. The van der Waals surface area contributed by atoms with Crippen molar-refractivity contribution in [1.29, 1.82) is 0 Å². The predicted octanol–water partition coefficient (Wildman–Crippen LogP) is 1.94. The topological polar surface area (TPSA) is 73.8 Å². The Labute approximate surface area is 92.8 Å². The summed E-state index contributed by atoms with van der Waals surface area (Å²) < 4.78 is 2.07. The molecule has 15 heavy (non-hydrogen) atoms. The number of nitrogens with zero attached hydrogens (tertiary/aromatic N) is 4. The van der Waals surface area contributed by atoms with Gasteiger partial charge in [0.05, 0.1) is 21.8 Å². The van der Waals surface area contributed by atoms with Crippen molar-refractivity contribution in [2.24, 2.45) is 0 Å². The summed E-state index contributed by atoms with van der Waals surface area (Å²) in [5.74, 6) is 0.318. The lowest BCUT2D eigenvalue weighted by Gasteiger charge is -1.97. The van der Waals surface area contributed by atoms with Gasteiger partial charge in [-0.2, -0.15) is 0 Å². The van der Waals surface area contributed by atoms with Crippen LogP contribution in [-0.4, -0.2) is 19.7 Å². The van der Waals surface area contributed by atoms with Crippen molar-refractivity contribution in [2.75, 3.05) is 0 Å². The molecule has 7 heteroatoms. The van der Waals surface area contributed by atoms with Crippen LogP contribution in [0.15, 0.2) is 35.1 Å². The van der Waals surface area contributed by atoms with Crippen molar-refractivity contribution >= 4 is 21.7 Å². The minimum absolute atomic E-state index is 0.201. The normalized spacial score (nSPS) is 10.2. The fourth-order valence-corrected chi connectivity index (χ4v) is 1.51. The quantitative estimate of drug-likeness (QED) is 0.616. The summed E-state index contributed by atoms with van der Waals surface area (Å²) in [6.07, 6.45) is 3.08. The van der Waals surface area contributed by atoms with Crippen LogP contribution in [0, 0.1) is 10.1 Å². The van der Waals surface area contributed by atoms with E-state index in [1.807, 2.05) is 0 Å². The second-order valence-electron chi connectivity index (χ2n) is 2.68. The van der Waals surface area contributed by atoms with Crippen molar-refractivity contribution in [3.8, 4) is 5.82 Å². The third kappa shape index (κ3) is 1.86. The zero-order chi connectivity index (χ0) is 10.8. The van der Waals surface area contributed by atoms with Crippen LogP contribution in [-0.2, 0) is 0 Å². The molecule has 6 nitrogen and oxygen atoms in total. The summed E-state index contributed by atoms with van der Waals surface area (Å²) >= 11 is 3.29. The highest BCUT2D eigenvalue weighted by molar-refractivity contribution is 9.10. The van der Waals surface area contributed by atoms with Gasteiger partial charge in [0.2, 0.25) is 0 Å². The fourth-order valence-electron chi connectivity index (χ4n) is 1.08. The zero-order valence-electron chi connectivity index (χ0n) is 7.37. The highest BCUT2D eigenvalue weighted by atomic mass is 79.9. The Hall–Kier alpha value is -1.76. The van der Waals surface area contributed by atoms with E-state index < -0.39 is 4.92 Å². The highest BCUT2D eigenvalue weighted by Gasteiger charge is 2.14. The SMILES string of the molecule is O=[N+]([O-])c1ccn(-c2ncccc2Br)n1. The van der Waals surface area contributed by atoms with E-state index in [2.05, 4.69) is 26.0 Å². The summed E-state index contributed by atoms with van der Waals surface area (Å²) in [5.41, 5.74) is 0. The van der Waals surface area contributed by atoms with Crippen LogP contribution >= 0.6 is 15.9 Å². The molecule has 0 aliphatic rings. The van der Waals surface area contributed by atoms with Crippen LogP contribution in [0.5, 0.6) is 0 Å². The van der Waals surface area contributed by atoms with Gasteiger partial charge < -0.3 is 10.1 Å². The number of halogens is 1. The largest absolute Gasteiger partial charge is 0.390 e. The van der Waals surface area contributed by atoms with Gasteiger partial charge in [0.15, 0.2) is 5.82 Å². The van der Waals surface area contributed by atoms with Gasteiger partial charge in [0, 0.05) is 6.20 Å². The van der Waals surface area contributed by atoms with E-state index in [1.54, 1.807) is 18.3 Å². The first-order valence-corrected chi connectivity index (χ1v) is 4.79. The van der Waals surface area contributed by atoms with E-state index in [1.165, 1.54) is 16.9 Å². The highest BCUT2D eigenvalue weighted by Crippen LogP contribution is 2.18. The van der Waals surface area contributed by atoms with Crippen molar-refractivity contribution < 1.29 is 4.92 Å². The molecule has 2 heterocycles. The Morgan fingerprint density at radius 1 is 1.47 bits per heavy atom. The van der Waals surface area contributed by atoms with Crippen molar-refractivity contribution in [2.45, 2.75) is 0 Å². The number of pyridine rings is 1. The first-order chi connectivity index (χ1) is 7.18. The monoisotopic (exact) mass is 268 g/mol. The van der Waals surface area contributed by atoms with Crippen molar-refractivity contribution in [3.05, 3.63) is 45.2 Å². The third-order valence-corrected chi connectivity index (χ3v) is 2.34. The molecule has 0 saturated carbocycles. The average Bonchev–Trinajstić information content (AvgIpc) is 2.67. The van der Waals surface area contributed by atoms with Crippen LogP contribution in [0.2, 0.25) is 0 Å². The van der Waals surface area contributed by atoms with Crippen LogP contribution < -0.4 is 0 Å². The second kappa shape index (κ2) is 3.77. The summed E-state index contributed by atoms with van der Waals surface area (Å²) in [5, 5.41) is 14.2. The zero-order valence-corrected chi connectivity index (χ0v) is 8.96. The lowest BCUT2D eigenvalue weighted by atomic mass is 10.5. The number of hydrogen-bond acceptors (Lipinski definition) is 4. The number of hydrogen-bond donors (Lipinski definition) is 0. The van der Waals surface area contributed by atoms with Crippen molar-refractivity contribution in [3.63, 3.8) is 0 Å². The molecule has 0 aliphatic carbocycles. The summed E-state index contributed by atoms with van der Waals surface area (Å²) in [4.78, 5) is 13.9. The summed E-state index contributed by atoms with van der Waals surface area (Å²) in [6, 6.07) is 4.86. The molecule has 2 aromatic heterocycles. The van der Waals surface area contributed by atoms with Crippen LogP contribution in [0.3, 0.4) is 0 Å². The molecule has 0 N–H and O–H groups in total. The van der Waals surface area contributed by atoms with E-state index in [9.17, 15) is 10.1 Å². The molecule has 0 aromatic carbocycles. The molecule has 2 aromatic rings. The first-order valence-electron chi connectivity index (χ1n) is 3.99. The lowest BCUT2D eigenvalue weighted by Crippen LogP contribution is -1.99. The molecule has 0 unspecified atom stereocenters. The Balaban J connectivity index is 2.46. The molecule has 0 amide bonds. The van der Waals surface area contributed by atoms with Crippen LogP contribution in [0.4, 0.5) is 5.82 Å². The first kappa shape index (κ1) is 9.78. The van der Waals surface area contributed by atoms with E-state index in [0.29, 0.717) is 5.82 Å². The van der Waals surface area contributed by atoms with Gasteiger partial charge in [-0.15, -0.1) is 4.68 Å². The number of rotatable bonds is 2. The fraction of sp³-hybridized carbons (Fsp3) is 0. The Morgan fingerprint density at radius 2 is 2.27 bits per heavy atom. The van der Waals surface area contributed by atoms with E-state index in [-0.39, 0.29) is 5.82 Å². The van der Waals surface area contributed by atoms with Gasteiger partial charge in [0.1, 0.15) is 0 Å². The molecular weight excluding hydrogens is 264 g/mol. The Kier molecular flexibility index (Phi) is 2.46. The third-order valence-electron chi connectivity index (χ3n) is 1.72. The Morgan fingerprint density at radius 3 is 2.87 bits per heavy atom. The minimum atomic E-state index is -0.548. The van der Waals surface area contributed by atoms with Crippen LogP contribution in [0.1, 0.15) is 0 Å². The van der Waals surface area contributed by atoms with Gasteiger partial charge in [-0.1, -0.05) is 0 Å². The van der Waals surface area contributed by atoms with Gasteiger partial charge in [-0.25, -0.2) is 4.98 Å². The van der Waals surface area contributed by atoms with E-state index >= 15 is 0 Å². The van der Waals surface area contributed by atoms with Crippen LogP contribution in [0.25, 0.3) is 5.82 Å². The molecule has 0 bridgehead atoms. The maximum Gasteiger partial charge on any atom is 0.390 e. The smallest absolute Gasteiger partial charge is 0.358 e. The van der Waals surface area contributed by atoms with Crippen molar-refractivity contribution in [1.82, 2.24) is 14.8 Å². The lowest BCUT2D eigenvalue weighted by molar-refractivity contribution is -0.389. The molecule has 0 atom stereocenters. The average molecular weight is 269 g/mol. The molecule has 76 valence electrons. The molecular formula is C8H5BrN4O2. The van der Waals surface area contributed by atoms with E-state index in [4.69, 9.17) is 0 Å². The predicted molar refractivity (Wildman–Crippen MR) is 55.7 cm³/mol.